The van der Waals surface area contributed by atoms with Crippen LogP contribution in [0.15, 0.2) is 18.2 Å². The van der Waals surface area contributed by atoms with Gasteiger partial charge < -0.3 is 15.0 Å². The van der Waals surface area contributed by atoms with Crippen LogP contribution in [-0.4, -0.2) is 11.1 Å². The van der Waals surface area contributed by atoms with Crippen LogP contribution in [0.1, 0.15) is 15.9 Å². The predicted molar refractivity (Wildman–Crippen MR) is 37.2 cm³/mol. The van der Waals surface area contributed by atoms with Crippen molar-refractivity contribution < 1.29 is 66.4 Å². The minimum atomic E-state index is -1.35. The molecule has 0 unspecified atom stereocenters. The zero-order valence-electron chi connectivity index (χ0n) is 7.00. The maximum atomic E-state index is 10.4. The van der Waals surface area contributed by atoms with Crippen LogP contribution in [0.2, 0.25) is 0 Å². The monoisotopic (exact) mass is 190 g/mol. The van der Waals surface area contributed by atoms with E-state index in [1.165, 1.54) is 6.07 Å². The topological polar surface area (TPSA) is 60.4 Å². The number of aryl methyl sites for hydroxylation is 1. The minimum absolute atomic E-state index is 0. The van der Waals surface area contributed by atoms with Crippen LogP contribution in [0, 0.1) is 6.92 Å². The maximum Gasteiger partial charge on any atom is 1.00 e. The molecule has 4 heteroatoms. The van der Waals surface area contributed by atoms with E-state index in [1.807, 2.05) is 0 Å². The summed E-state index contributed by atoms with van der Waals surface area (Å²) in [6.07, 6.45) is 0. The zero-order valence-corrected chi connectivity index (χ0v) is 10.1. The molecule has 0 fully saturated rings. The molecule has 58 valence electrons. The largest absolute Gasteiger partial charge is 1.00 e. The standard InChI is InChI=1S/C8H8O3.K/c1-5-3-2-4-6(9)7(5)8(10)11;/h2-4,9H,1H3,(H,10,11);/q;+1/p-1. The molecule has 0 atom stereocenters. The van der Waals surface area contributed by atoms with Crippen molar-refractivity contribution in [2.45, 2.75) is 6.92 Å². The molecule has 0 amide bonds. The number of rotatable bonds is 1. The van der Waals surface area contributed by atoms with Crippen molar-refractivity contribution in [2.24, 2.45) is 0 Å². The molecule has 1 aromatic carbocycles. The number of carboxylic acids is 1. The van der Waals surface area contributed by atoms with Crippen LogP contribution in [-0.2, 0) is 0 Å². The van der Waals surface area contributed by atoms with Gasteiger partial charge in [-0.1, -0.05) is 12.1 Å². The molecule has 0 spiro atoms. The number of carbonyl (C=O) groups excluding carboxylic acids is 1. The number of aromatic carboxylic acids is 1. The van der Waals surface area contributed by atoms with E-state index in [2.05, 4.69) is 0 Å². The van der Waals surface area contributed by atoms with Gasteiger partial charge in [-0.05, 0) is 18.6 Å². The molecule has 0 bridgehead atoms. The van der Waals surface area contributed by atoms with E-state index in [0.29, 0.717) is 5.56 Å². The summed E-state index contributed by atoms with van der Waals surface area (Å²) in [5.41, 5.74) is 0.373. The Kier molecular flexibility index (Phi) is 5.04. The molecule has 3 nitrogen and oxygen atoms in total. The fraction of sp³-hybridized carbons (Fsp3) is 0.125. The van der Waals surface area contributed by atoms with E-state index >= 15 is 0 Å². The predicted octanol–water partition coefficient (Wildman–Crippen LogP) is -2.93. The molecule has 1 aromatic rings. The van der Waals surface area contributed by atoms with Crippen molar-refractivity contribution >= 4 is 5.97 Å². The van der Waals surface area contributed by atoms with Gasteiger partial charge in [0, 0.05) is 5.56 Å². The number of benzene rings is 1. The average Bonchev–Trinajstić information content (AvgIpc) is 1.85. The van der Waals surface area contributed by atoms with Crippen molar-refractivity contribution in [1.29, 1.82) is 0 Å². The molecule has 0 aromatic heterocycles. The third-order valence-corrected chi connectivity index (χ3v) is 1.45. The molecule has 0 radical (unpaired) electrons. The number of hydrogen-bond donors (Lipinski definition) is 1. The summed E-state index contributed by atoms with van der Waals surface area (Å²) >= 11 is 0. The molecule has 0 aliphatic heterocycles. The summed E-state index contributed by atoms with van der Waals surface area (Å²) in [5, 5.41) is 19.4. The van der Waals surface area contributed by atoms with E-state index in [0.717, 1.165) is 0 Å². The van der Waals surface area contributed by atoms with Gasteiger partial charge in [0.25, 0.3) is 0 Å². The summed E-state index contributed by atoms with van der Waals surface area (Å²) in [7, 11) is 0. The summed E-state index contributed by atoms with van der Waals surface area (Å²) < 4.78 is 0. The number of hydrogen-bond acceptors (Lipinski definition) is 3. The third-order valence-electron chi connectivity index (χ3n) is 1.45. The first-order chi connectivity index (χ1) is 5.13. The van der Waals surface area contributed by atoms with Gasteiger partial charge in [0.1, 0.15) is 5.75 Å². The smallest absolute Gasteiger partial charge is 0.545 e. The van der Waals surface area contributed by atoms with Gasteiger partial charge in [-0.15, -0.1) is 0 Å². The number of carbonyl (C=O) groups is 1. The van der Waals surface area contributed by atoms with Crippen LogP contribution in [0.5, 0.6) is 5.75 Å². The van der Waals surface area contributed by atoms with E-state index < -0.39 is 5.97 Å². The Bertz CT molecular complexity index is 276. The van der Waals surface area contributed by atoms with Crippen LogP contribution in [0.3, 0.4) is 0 Å². The average molecular weight is 190 g/mol. The van der Waals surface area contributed by atoms with Crippen LogP contribution in [0.25, 0.3) is 0 Å². The molecular weight excluding hydrogens is 183 g/mol. The molecule has 1 rings (SSSR count). The van der Waals surface area contributed by atoms with Gasteiger partial charge in [0.2, 0.25) is 0 Å². The summed E-state index contributed by atoms with van der Waals surface area (Å²) in [5.74, 6) is -1.59. The second-order valence-electron chi connectivity index (χ2n) is 2.26. The number of phenols is 1. The van der Waals surface area contributed by atoms with Crippen molar-refractivity contribution in [3.8, 4) is 5.75 Å². The van der Waals surface area contributed by atoms with Gasteiger partial charge in [-0.3, -0.25) is 0 Å². The number of aromatic hydroxyl groups is 1. The first-order valence-electron chi connectivity index (χ1n) is 3.13. The Hall–Kier alpha value is 0.126. The first kappa shape index (κ1) is 12.1. The molecule has 0 aliphatic carbocycles. The van der Waals surface area contributed by atoms with Crippen molar-refractivity contribution in [3.05, 3.63) is 29.3 Å². The van der Waals surface area contributed by atoms with E-state index in [1.54, 1.807) is 19.1 Å². The quantitative estimate of drug-likeness (QED) is 0.482. The fourth-order valence-electron chi connectivity index (χ4n) is 0.918. The van der Waals surface area contributed by atoms with Gasteiger partial charge in [-0.25, -0.2) is 0 Å². The summed E-state index contributed by atoms with van der Waals surface area (Å²) in [4.78, 5) is 10.4. The minimum Gasteiger partial charge on any atom is -0.545 e. The number of carboxylic acid groups (broad SMARTS) is 1. The normalized spacial score (nSPS) is 8.75. The maximum absolute atomic E-state index is 10.4. The second-order valence-corrected chi connectivity index (χ2v) is 2.26. The van der Waals surface area contributed by atoms with E-state index in [-0.39, 0.29) is 62.7 Å². The second kappa shape index (κ2) is 4.99. The van der Waals surface area contributed by atoms with E-state index in [4.69, 9.17) is 5.11 Å². The molecular formula is C8H7KO3. The summed E-state index contributed by atoms with van der Waals surface area (Å²) in [6, 6.07) is 4.50. The third kappa shape index (κ3) is 2.57. The molecule has 12 heavy (non-hydrogen) atoms. The molecule has 0 saturated heterocycles. The Morgan fingerprint density at radius 2 is 2.08 bits per heavy atom. The summed E-state index contributed by atoms with van der Waals surface area (Å²) in [6.45, 7) is 1.60. The van der Waals surface area contributed by atoms with Gasteiger partial charge in [0.05, 0.1) is 5.97 Å². The SMILES string of the molecule is Cc1cccc(O)c1C(=O)[O-].[K+]. The van der Waals surface area contributed by atoms with E-state index in [9.17, 15) is 9.90 Å². The van der Waals surface area contributed by atoms with Gasteiger partial charge in [0.15, 0.2) is 0 Å². The molecule has 0 heterocycles. The van der Waals surface area contributed by atoms with Crippen LogP contribution in [0.4, 0.5) is 0 Å². The molecule has 0 saturated carbocycles. The molecule has 0 aliphatic rings. The molecule has 1 N–H and O–H groups in total. The van der Waals surface area contributed by atoms with Crippen LogP contribution >= 0.6 is 0 Å². The van der Waals surface area contributed by atoms with Crippen molar-refractivity contribution in [1.82, 2.24) is 0 Å². The Morgan fingerprint density at radius 3 is 2.42 bits per heavy atom. The van der Waals surface area contributed by atoms with Gasteiger partial charge in [-0.2, -0.15) is 0 Å². The van der Waals surface area contributed by atoms with Crippen molar-refractivity contribution in [2.75, 3.05) is 0 Å². The fourth-order valence-corrected chi connectivity index (χ4v) is 0.918. The first-order valence-corrected chi connectivity index (χ1v) is 3.13. The Labute approximate surface area is 113 Å². The van der Waals surface area contributed by atoms with Gasteiger partial charge >= 0.3 is 51.4 Å². The zero-order chi connectivity index (χ0) is 8.43. The van der Waals surface area contributed by atoms with Crippen LogP contribution < -0.4 is 56.5 Å². The van der Waals surface area contributed by atoms with Crippen molar-refractivity contribution in [3.63, 3.8) is 0 Å². The Morgan fingerprint density at radius 1 is 1.50 bits per heavy atom. The Balaban J connectivity index is 0.00000121.